The molecule has 0 aromatic carbocycles. The van der Waals surface area contributed by atoms with Crippen LogP contribution in [-0.2, 0) is 4.79 Å². The Balaban J connectivity index is 1.25. The Morgan fingerprint density at radius 1 is 1.20 bits per heavy atom. The van der Waals surface area contributed by atoms with Crippen molar-refractivity contribution in [3.63, 3.8) is 0 Å². The van der Waals surface area contributed by atoms with Gasteiger partial charge in [-0.15, -0.1) is 10.2 Å². The summed E-state index contributed by atoms with van der Waals surface area (Å²) < 4.78 is 2.42. The van der Waals surface area contributed by atoms with Crippen molar-refractivity contribution >= 4 is 5.91 Å². The van der Waals surface area contributed by atoms with E-state index in [9.17, 15) is 4.79 Å². The predicted octanol–water partition coefficient (Wildman–Crippen LogP) is 5.01. The molecule has 3 saturated carbocycles. The van der Waals surface area contributed by atoms with Gasteiger partial charge in [-0.3, -0.25) is 9.78 Å². The van der Waals surface area contributed by atoms with E-state index >= 15 is 0 Å². The molecule has 2 aromatic rings. The molecule has 3 aliphatic rings. The normalized spacial score (nSPS) is 24.7. The van der Waals surface area contributed by atoms with Gasteiger partial charge in [-0.05, 0) is 75.5 Å². The number of carbonyl (C=O) groups excluding carboxylic acids is 1. The fraction of sp³-hybridized carbons (Fsp3) is 0.714. The molecule has 7 heteroatoms. The molecule has 5 rings (SSSR count). The minimum Gasteiger partial charge on any atom is -0.349 e. The molecule has 0 radical (unpaired) electrons. The van der Waals surface area contributed by atoms with E-state index in [0.29, 0.717) is 23.4 Å². The molecule has 7 nitrogen and oxygen atoms in total. The summed E-state index contributed by atoms with van der Waals surface area (Å²) in [6.07, 6.45) is 15.3. The number of rotatable bonds is 9. The zero-order chi connectivity index (χ0) is 24.4. The van der Waals surface area contributed by atoms with Gasteiger partial charge in [0.2, 0.25) is 5.91 Å². The molecule has 2 N–H and O–H groups in total. The summed E-state index contributed by atoms with van der Waals surface area (Å²) in [5.74, 6) is 2.94. The average molecular weight is 479 g/mol. The topological polar surface area (TPSA) is 84.7 Å². The smallest absolute Gasteiger partial charge is 0.223 e. The summed E-state index contributed by atoms with van der Waals surface area (Å²) >= 11 is 0. The summed E-state index contributed by atoms with van der Waals surface area (Å²) in [4.78, 5) is 17.3. The Kier molecular flexibility index (Phi) is 7.24. The van der Waals surface area contributed by atoms with Crippen LogP contribution >= 0.6 is 0 Å². The van der Waals surface area contributed by atoms with Crippen molar-refractivity contribution < 1.29 is 4.79 Å². The maximum atomic E-state index is 12.9. The van der Waals surface area contributed by atoms with Crippen molar-refractivity contribution in [3.05, 3.63) is 41.7 Å². The Morgan fingerprint density at radius 2 is 2.00 bits per heavy atom. The highest BCUT2D eigenvalue weighted by atomic mass is 16.1. The molecule has 0 aliphatic heterocycles. The van der Waals surface area contributed by atoms with Crippen LogP contribution in [0.5, 0.6) is 0 Å². The number of nitrogens with zero attached hydrogens (tertiary/aromatic N) is 4. The number of hydrogen-bond acceptors (Lipinski definition) is 5. The molecule has 190 valence electrons. The third-order valence-electron chi connectivity index (χ3n) is 8.97. The SMILES string of the molecule is Cc1nnc(C(C)C)n1[C@H]1CC(NCC[C@H](NC(=O)C2CCCC2)c2cccnc2)C2(CCC2)C1. The minimum atomic E-state index is 0.00600. The number of nitrogens with one attached hydrogen (secondary N) is 2. The Hall–Kier alpha value is -2.28. The van der Waals surface area contributed by atoms with Crippen molar-refractivity contribution in [1.82, 2.24) is 30.4 Å². The number of aromatic nitrogens is 4. The lowest BCUT2D eigenvalue weighted by molar-refractivity contribution is -0.125. The summed E-state index contributed by atoms with van der Waals surface area (Å²) in [7, 11) is 0. The number of aryl methyl sites for hydroxylation is 1. The minimum absolute atomic E-state index is 0.00600. The number of pyridine rings is 1. The van der Waals surface area contributed by atoms with Gasteiger partial charge in [-0.2, -0.15) is 0 Å². The van der Waals surface area contributed by atoms with Crippen molar-refractivity contribution in [2.24, 2.45) is 11.3 Å². The molecule has 2 aromatic heterocycles. The molecule has 2 heterocycles. The second kappa shape index (κ2) is 10.4. The Bertz CT molecular complexity index is 992. The molecule has 1 unspecified atom stereocenters. The quantitative estimate of drug-likeness (QED) is 0.529. The molecule has 3 atom stereocenters. The summed E-state index contributed by atoms with van der Waals surface area (Å²) in [6.45, 7) is 7.41. The predicted molar refractivity (Wildman–Crippen MR) is 137 cm³/mol. The van der Waals surface area contributed by atoms with E-state index in [0.717, 1.165) is 49.4 Å². The van der Waals surface area contributed by atoms with Crippen LogP contribution in [0.15, 0.2) is 24.5 Å². The Labute approximate surface area is 209 Å². The van der Waals surface area contributed by atoms with Crippen LogP contribution in [0.2, 0.25) is 0 Å². The van der Waals surface area contributed by atoms with Gasteiger partial charge < -0.3 is 15.2 Å². The highest BCUT2D eigenvalue weighted by Crippen LogP contribution is 2.57. The van der Waals surface area contributed by atoms with E-state index in [1.165, 1.54) is 38.5 Å². The lowest BCUT2D eigenvalue weighted by Gasteiger charge is -2.44. The van der Waals surface area contributed by atoms with Crippen molar-refractivity contribution in [1.29, 1.82) is 0 Å². The van der Waals surface area contributed by atoms with Crippen molar-refractivity contribution in [2.45, 2.75) is 109 Å². The second-order valence-electron chi connectivity index (χ2n) is 11.6. The van der Waals surface area contributed by atoms with Crippen LogP contribution in [0.1, 0.15) is 113 Å². The van der Waals surface area contributed by atoms with Gasteiger partial charge in [0.25, 0.3) is 0 Å². The summed E-state index contributed by atoms with van der Waals surface area (Å²) in [5.41, 5.74) is 1.50. The fourth-order valence-electron chi connectivity index (χ4n) is 6.91. The van der Waals surface area contributed by atoms with Gasteiger partial charge in [-0.25, -0.2) is 0 Å². The first kappa shape index (κ1) is 24.4. The van der Waals surface area contributed by atoms with E-state index in [-0.39, 0.29) is 17.9 Å². The highest BCUT2D eigenvalue weighted by molar-refractivity contribution is 5.79. The summed E-state index contributed by atoms with van der Waals surface area (Å²) in [5, 5.41) is 16.2. The molecule has 35 heavy (non-hydrogen) atoms. The molecule has 3 fully saturated rings. The van der Waals surface area contributed by atoms with Crippen molar-refractivity contribution in [3.8, 4) is 0 Å². The van der Waals surface area contributed by atoms with Crippen LogP contribution < -0.4 is 10.6 Å². The fourth-order valence-corrected chi connectivity index (χ4v) is 6.91. The first-order chi connectivity index (χ1) is 17.0. The van der Waals surface area contributed by atoms with Gasteiger partial charge in [0, 0.05) is 36.3 Å². The molecule has 1 spiro atoms. The molecular formula is C28H42N6O. The summed E-state index contributed by atoms with van der Waals surface area (Å²) in [6, 6.07) is 5.04. The third kappa shape index (κ3) is 5.02. The largest absolute Gasteiger partial charge is 0.349 e. The number of carbonyl (C=O) groups is 1. The number of amides is 1. The molecule has 1 amide bonds. The first-order valence-corrected chi connectivity index (χ1v) is 13.8. The lowest BCUT2D eigenvalue weighted by Crippen LogP contribution is -2.46. The van der Waals surface area contributed by atoms with Crippen LogP contribution in [0.25, 0.3) is 0 Å². The van der Waals surface area contributed by atoms with Crippen LogP contribution in [0.3, 0.4) is 0 Å². The maximum Gasteiger partial charge on any atom is 0.223 e. The highest BCUT2D eigenvalue weighted by Gasteiger charge is 2.51. The Morgan fingerprint density at radius 3 is 2.66 bits per heavy atom. The first-order valence-electron chi connectivity index (χ1n) is 13.8. The molecule has 3 aliphatic carbocycles. The third-order valence-corrected chi connectivity index (χ3v) is 8.97. The van der Waals surface area contributed by atoms with E-state index in [2.05, 4.69) is 57.2 Å². The number of hydrogen-bond donors (Lipinski definition) is 2. The van der Waals surface area contributed by atoms with Crippen LogP contribution in [0, 0.1) is 18.3 Å². The van der Waals surface area contributed by atoms with E-state index in [1.54, 1.807) is 6.20 Å². The van der Waals surface area contributed by atoms with Crippen molar-refractivity contribution in [2.75, 3.05) is 6.54 Å². The van der Waals surface area contributed by atoms with Crippen LogP contribution in [-0.4, -0.2) is 38.2 Å². The monoisotopic (exact) mass is 478 g/mol. The van der Waals surface area contributed by atoms with Gasteiger partial charge in [0.1, 0.15) is 11.6 Å². The molecular weight excluding hydrogens is 436 g/mol. The second-order valence-corrected chi connectivity index (χ2v) is 11.6. The van der Waals surface area contributed by atoms with Gasteiger partial charge in [0.05, 0.1) is 6.04 Å². The van der Waals surface area contributed by atoms with Gasteiger partial charge >= 0.3 is 0 Å². The van der Waals surface area contributed by atoms with E-state index < -0.39 is 0 Å². The standard InChI is InChI=1S/C28H42N6O/c1-19(2)26-33-32-20(3)34(26)23-16-25(28(17-23)12-7-13-28)30-15-11-24(22-10-6-14-29-18-22)31-27(35)21-8-4-5-9-21/h6,10,14,18-19,21,23-25,30H,4-5,7-9,11-13,15-17H2,1-3H3,(H,31,35)/t23-,24-,25?/m0/s1. The van der Waals surface area contributed by atoms with E-state index in [4.69, 9.17) is 0 Å². The van der Waals surface area contributed by atoms with Gasteiger partial charge in [-0.1, -0.05) is 39.2 Å². The zero-order valence-corrected chi connectivity index (χ0v) is 21.7. The average Bonchev–Trinajstić information content (AvgIpc) is 3.57. The van der Waals surface area contributed by atoms with Gasteiger partial charge in [0.15, 0.2) is 0 Å². The molecule has 0 bridgehead atoms. The van der Waals surface area contributed by atoms with Crippen LogP contribution in [0.4, 0.5) is 0 Å². The maximum absolute atomic E-state index is 12.9. The van der Waals surface area contributed by atoms with E-state index in [1.807, 2.05) is 12.3 Å². The lowest BCUT2D eigenvalue weighted by atomic mass is 9.65. The zero-order valence-electron chi connectivity index (χ0n) is 21.7. The molecule has 0 saturated heterocycles.